The molecule has 0 aliphatic heterocycles. The Bertz CT molecular complexity index is 182. The maximum atomic E-state index is 10.9. The van der Waals surface area contributed by atoms with Gasteiger partial charge < -0.3 is 31.2 Å². The molecule has 7 nitrogen and oxygen atoms in total. The van der Waals surface area contributed by atoms with Crippen molar-refractivity contribution in [2.45, 2.75) is 20.8 Å². The second-order valence-electron chi connectivity index (χ2n) is 3.22. The highest BCUT2D eigenvalue weighted by Gasteiger charge is 1.95. The molecule has 0 atom stereocenters. The van der Waals surface area contributed by atoms with Gasteiger partial charge in [-0.25, -0.2) is 4.79 Å². The van der Waals surface area contributed by atoms with Crippen LogP contribution < -0.4 is 21.7 Å². The Morgan fingerprint density at radius 2 is 1.58 bits per heavy atom. The number of urea groups is 1. The first-order valence-corrected chi connectivity index (χ1v) is 6.89. The normalized spacial score (nSPS) is 9.47. The molecule has 0 saturated heterocycles. The summed E-state index contributed by atoms with van der Waals surface area (Å²) in [6.45, 7) is 10.7. The molecule has 0 aliphatic carbocycles. The van der Waals surface area contributed by atoms with Gasteiger partial charge in [-0.15, -0.1) is 0 Å². The summed E-state index contributed by atoms with van der Waals surface area (Å²) < 4.78 is 10.5. The molecule has 5 N–H and O–H groups in total. The lowest BCUT2D eigenvalue weighted by Crippen LogP contribution is -2.40. The van der Waals surface area contributed by atoms with Gasteiger partial charge in [0, 0.05) is 13.1 Å². The number of carbonyl (C=O) groups is 1. The molecular formula is C12H30N4O3. The van der Waals surface area contributed by atoms with Crippen LogP contribution in [0.5, 0.6) is 0 Å². The summed E-state index contributed by atoms with van der Waals surface area (Å²) in [6, 6.07) is -0.280. The Hall–Kier alpha value is -0.890. The lowest BCUT2D eigenvalue weighted by molar-refractivity contribution is 0.0506. The van der Waals surface area contributed by atoms with Crippen LogP contribution in [0.3, 0.4) is 0 Å². The number of nitrogens with two attached hydrogens (primary N) is 1. The number of carbonyl (C=O) groups excluding carboxylic acids is 1. The minimum atomic E-state index is -0.280. The van der Waals surface area contributed by atoms with Crippen molar-refractivity contribution in [2.75, 3.05) is 52.7 Å². The quantitative estimate of drug-likeness (QED) is 0.312. The van der Waals surface area contributed by atoms with Gasteiger partial charge in [0.15, 0.2) is 0 Å². The molecule has 0 heterocycles. The summed E-state index contributed by atoms with van der Waals surface area (Å²) in [7, 11) is 0. The molecule has 0 spiro atoms. The number of hydrogen-bond donors (Lipinski definition) is 4. The maximum absolute atomic E-state index is 10.9. The number of hydrogen-bond acceptors (Lipinski definition) is 5. The van der Waals surface area contributed by atoms with Crippen LogP contribution in [0, 0.1) is 0 Å². The zero-order valence-electron chi connectivity index (χ0n) is 12.5. The Morgan fingerprint density at radius 3 is 2.11 bits per heavy atom. The fraction of sp³-hybridized carbons (Fsp3) is 0.917. The van der Waals surface area contributed by atoms with Gasteiger partial charge in [-0.2, -0.15) is 0 Å². The summed E-state index contributed by atoms with van der Waals surface area (Å²) >= 11 is 0. The number of nitrogens with one attached hydrogen (secondary N) is 3. The van der Waals surface area contributed by atoms with Gasteiger partial charge in [0.25, 0.3) is 0 Å². The van der Waals surface area contributed by atoms with E-state index in [0.29, 0.717) is 33.0 Å². The van der Waals surface area contributed by atoms with Crippen molar-refractivity contribution >= 4 is 6.03 Å². The van der Waals surface area contributed by atoms with Crippen molar-refractivity contribution in [3.63, 3.8) is 0 Å². The first kappa shape index (κ1) is 20.4. The van der Waals surface area contributed by atoms with E-state index >= 15 is 0 Å². The molecule has 0 saturated carbocycles. The molecule has 0 aromatic rings. The Balaban J connectivity index is 0. The molecule has 19 heavy (non-hydrogen) atoms. The van der Waals surface area contributed by atoms with Crippen LogP contribution in [0.1, 0.15) is 20.8 Å². The van der Waals surface area contributed by atoms with Crippen molar-refractivity contribution in [3.05, 3.63) is 0 Å². The molecule has 0 bridgehead atoms. The lowest BCUT2D eigenvalue weighted by atomic mass is 10.6. The van der Waals surface area contributed by atoms with Crippen LogP contribution >= 0.6 is 0 Å². The summed E-state index contributed by atoms with van der Waals surface area (Å²) in [6.07, 6.45) is 0. The molecule has 116 valence electrons. The third-order valence-electron chi connectivity index (χ3n) is 1.84. The predicted octanol–water partition coefficient (Wildman–Crippen LogP) is -0.129. The standard InChI is InChI=1S/C10H24N4O3.C2H6/c1-2-12-3-5-16-7-8-17-6-4-13-10(15)14-9-11;1-2/h12H,2-9,11H2,1H3,(H2,13,14,15);1-2H3. The minimum Gasteiger partial charge on any atom is -0.378 e. The van der Waals surface area contributed by atoms with Gasteiger partial charge in [-0.3, -0.25) is 0 Å². The van der Waals surface area contributed by atoms with E-state index < -0.39 is 0 Å². The van der Waals surface area contributed by atoms with E-state index in [1.54, 1.807) is 0 Å². The summed E-state index contributed by atoms with van der Waals surface area (Å²) in [5, 5.41) is 8.17. The zero-order valence-corrected chi connectivity index (χ0v) is 12.5. The topological polar surface area (TPSA) is 97.6 Å². The van der Waals surface area contributed by atoms with Crippen molar-refractivity contribution in [3.8, 4) is 0 Å². The minimum absolute atomic E-state index is 0.131. The molecule has 0 fully saturated rings. The van der Waals surface area contributed by atoms with E-state index in [4.69, 9.17) is 15.2 Å². The van der Waals surface area contributed by atoms with Crippen molar-refractivity contribution in [1.29, 1.82) is 0 Å². The maximum Gasteiger partial charge on any atom is 0.315 e. The molecule has 0 unspecified atom stereocenters. The van der Waals surface area contributed by atoms with Gasteiger partial charge in [-0.05, 0) is 6.54 Å². The predicted molar refractivity (Wildman–Crippen MR) is 77.1 cm³/mol. The van der Waals surface area contributed by atoms with Crippen molar-refractivity contribution in [1.82, 2.24) is 16.0 Å². The molecule has 0 aromatic carbocycles. The molecule has 0 radical (unpaired) electrons. The Kier molecular flexibility index (Phi) is 20.9. The summed E-state index contributed by atoms with van der Waals surface area (Å²) in [5.74, 6) is 0. The van der Waals surface area contributed by atoms with Crippen molar-refractivity contribution in [2.24, 2.45) is 5.73 Å². The highest BCUT2D eigenvalue weighted by molar-refractivity contribution is 5.73. The number of amides is 2. The van der Waals surface area contributed by atoms with Gasteiger partial charge in [-0.1, -0.05) is 20.8 Å². The highest BCUT2D eigenvalue weighted by Crippen LogP contribution is 1.78. The number of rotatable bonds is 11. The molecular weight excluding hydrogens is 248 g/mol. The summed E-state index contributed by atoms with van der Waals surface area (Å²) in [4.78, 5) is 10.9. The van der Waals surface area contributed by atoms with Crippen molar-refractivity contribution < 1.29 is 14.3 Å². The van der Waals surface area contributed by atoms with E-state index in [1.807, 2.05) is 13.8 Å². The van der Waals surface area contributed by atoms with Crippen LogP contribution in [-0.2, 0) is 9.47 Å². The largest absolute Gasteiger partial charge is 0.378 e. The van der Waals surface area contributed by atoms with E-state index in [1.165, 1.54) is 0 Å². The van der Waals surface area contributed by atoms with Crippen LogP contribution in [-0.4, -0.2) is 58.8 Å². The third-order valence-corrected chi connectivity index (χ3v) is 1.84. The van der Waals surface area contributed by atoms with E-state index in [-0.39, 0.29) is 12.7 Å². The first-order valence-electron chi connectivity index (χ1n) is 6.89. The average molecular weight is 278 g/mol. The lowest BCUT2D eigenvalue weighted by Gasteiger charge is -2.07. The fourth-order valence-corrected chi connectivity index (χ4v) is 1.04. The monoisotopic (exact) mass is 278 g/mol. The smallest absolute Gasteiger partial charge is 0.315 e. The van der Waals surface area contributed by atoms with Gasteiger partial charge in [0.05, 0.1) is 33.1 Å². The molecule has 7 heteroatoms. The second-order valence-corrected chi connectivity index (χ2v) is 3.22. The Labute approximate surface area is 116 Å². The van der Waals surface area contributed by atoms with Gasteiger partial charge in [0.1, 0.15) is 0 Å². The second kappa shape index (κ2) is 19.4. The average Bonchev–Trinajstić information content (AvgIpc) is 2.43. The fourth-order valence-electron chi connectivity index (χ4n) is 1.04. The Morgan fingerprint density at radius 1 is 1.00 bits per heavy atom. The van der Waals surface area contributed by atoms with Crippen LogP contribution in [0.4, 0.5) is 4.79 Å². The summed E-state index contributed by atoms with van der Waals surface area (Å²) in [5.41, 5.74) is 5.12. The zero-order chi connectivity index (χ0) is 14.8. The van der Waals surface area contributed by atoms with Gasteiger partial charge in [0.2, 0.25) is 0 Å². The number of ether oxygens (including phenoxy) is 2. The highest BCUT2D eigenvalue weighted by atomic mass is 16.5. The van der Waals surface area contributed by atoms with Crippen LogP contribution in [0.15, 0.2) is 0 Å². The SMILES string of the molecule is CC.CCNCCOCCOCCNC(=O)NCN. The van der Waals surface area contributed by atoms with Crippen LogP contribution in [0.2, 0.25) is 0 Å². The first-order chi connectivity index (χ1) is 9.31. The number of likely N-dealkylation sites (N-methyl/N-ethyl adjacent to an activating group) is 1. The third kappa shape index (κ3) is 19.6. The molecule has 0 rings (SSSR count). The van der Waals surface area contributed by atoms with Crippen LogP contribution in [0.25, 0.3) is 0 Å². The molecule has 0 aliphatic rings. The molecule has 0 aromatic heterocycles. The molecule has 2 amide bonds. The van der Waals surface area contributed by atoms with E-state index in [0.717, 1.165) is 13.1 Å². The van der Waals surface area contributed by atoms with E-state index in [2.05, 4.69) is 22.9 Å². The van der Waals surface area contributed by atoms with E-state index in [9.17, 15) is 4.79 Å². The van der Waals surface area contributed by atoms with Gasteiger partial charge >= 0.3 is 6.03 Å².